The first kappa shape index (κ1) is 17.6. The predicted octanol–water partition coefficient (Wildman–Crippen LogP) is -2.59. The zero-order valence-corrected chi connectivity index (χ0v) is 10.8. The smallest absolute Gasteiger partial charge is 0.326 e. The van der Waals surface area contributed by atoms with Crippen molar-refractivity contribution < 1.29 is 24.6 Å². The summed E-state index contributed by atoms with van der Waals surface area (Å²) in [5.41, 5.74) is 15.8. The maximum absolute atomic E-state index is 11.6. The van der Waals surface area contributed by atoms with Crippen molar-refractivity contribution in [3.63, 3.8) is 0 Å². The lowest BCUT2D eigenvalue weighted by atomic mass is 10.1. The molecule has 0 rings (SSSR count). The standard InChI is InChI=1S/C10H19N5O5/c11-5(2-1-3-14-10(12)13)8(18)15-6(9(19)20)4-7(16)17/h5-6H,1-4,11H2,(H,15,18)(H,16,17)(H,19,20)(H4,12,13,14)/t5-,6-/m1/s1. The number of aliphatic imine (C=N–C) groups is 1. The molecule has 10 heteroatoms. The largest absolute Gasteiger partial charge is 0.481 e. The van der Waals surface area contributed by atoms with Gasteiger partial charge in [-0.2, -0.15) is 0 Å². The third-order valence-electron chi connectivity index (χ3n) is 2.30. The Balaban J connectivity index is 4.25. The number of hydrogen-bond acceptors (Lipinski definition) is 5. The van der Waals surface area contributed by atoms with Gasteiger partial charge in [0.1, 0.15) is 6.04 Å². The minimum absolute atomic E-state index is 0.0737. The molecule has 0 aliphatic carbocycles. The summed E-state index contributed by atoms with van der Waals surface area (Å²) in [7, 11) is 0. The fourth-order valence-corrected chi connectivity index (χ4v) is 1.30. The maximum atomic E-state index is 11.6. The van der Waals surface area contributed by atoms with Crippen LogP contribution in [0.15, 0.2) is 4.99 Å². The van der Waals surface area contributed by atoms with Crippen LogP contribution in [0.25, 0.3) is 0 Å². The van der Waals surface area contributed by atoms with Crippen LogP contribution in [0.3, 0.4) is 0 Å². The SMILES string of the molecule is NC(N)=NCCC[C@@H](N)C(=O)N[C@H](CC(=O)O)C(=O)O. The molecule has 2 atom stereocenters. The van der Waals surface area contributed by atoms with Gasteiger partial charge in [0.15, 0.2) is 5.96 Å². The molecule has 0 saturated heterocycles. The molecular formula is C10H19N5O5. The van der Waals surface area contributed by atoms with E-state index in [4.69, 9.17) is 27.4 Å². The van der Waals surface area contributed by atoms with Crippen LogP contribution in [-0.4, -0.2) is 52.6 Å². The first-order valence-electron chi connectivity index (χ1n) is 5.80. The van der Waals surface area contributed by atoms with Crippen molar-refractivity contribution in [3.05, 3.63) is 0 Å². The highest BCUT2D eigenvalue weighted by Crippen LogP contribution is 1.98. The van der Waals surface area contributed by atoms with Crippen molar-refractivity contribution in [2.75, 3.05) is 6.54 Å². The summed E-state index contributed by atoms with van der Waals surface area (Å²) < 4.78 is 0. The number of carboxylic acids is 2. The minimum Gasteiger partial charge on any atom is -0.481 e. The van der Waals surface area contributed by atoms with E-state index < -0.39 is 36.4 Å². The molecule has 114 valence electrons. The van der Waals surface area contributed by atoms with E-state index in [0.29, 0.717) is 13.0 Å². The fraction of sp³-hybridized carbons (Fsp3) is 0.600. The lowest BCUT2D eigenvalue weighted by Gasteiger charge is -2.16. The number of nitrogens with one attached hydrogen (secondary N) is 1. The maximum Gasteiger partial charge on any atom is 0.326 e. The molecule has 0 aromatic heterocycles. The number of amides is 1. The molecule has 0 radical (unpaired) electrons. The van der Waals surface area contributed by atoms with Gasteiger partial charge in [-0.15, -0.1) is 0 Å². The summed E-state index contributed by atoms with van der Waals surface area (Å²) in [6, 6.07) is -2.47. The van der Waals surface area contributed by atoms with Crippen LogP contribution < -0.4 is 22.5 Å². The highest BCUT2D eigenvalue weighted by atomic mass is 16.4. The first-order chi connectivity index (χ1) is 9.23. The molecule has 0 bridgehead atoms. The number of hydrogen-bond donors (Lipinski definition) is 6. The van der Waals surface area contributed by atoms with E-state index in [-0.39, 0.29) is 12.4 Å². The Labute approximate surface area is 115 Å². The molecule has 0 spiro atoms. The second-order valence-electron chi connectivity index (χ2n) is 4.05. The highest BCUT2D eigenvalue weighted by Gasteiger charge is 2.25. The van der Waals surface area contributed by atoms with Gasteiger partial charge in [0.25, 0.3) is 0 Å². The summed E-state index contributed by atoms with van der Waals surface area (Å²) in [6.07, 6.45) is -0.0486. The number of carbonyl (C=O) groups excluding carboxylic acids is 1. The van der Waals surface area contributed by atoms with E-state index in [9.17, 15) is 14.4 Å². The Kier molecular flexibility index (Phi) is 7.67. The third kappa shape index (κ3) is 7.87. The molecule has 0 aliphatic heterocycles. The normalized spacial score (nSPS) is 13.1. The first-order valence-corrected chi connectivity index (χ1v) is 5.80. The summed E-state index contributed by atoms with van der Waals surface area (Å²) in [4.78, 5) is 36.5. The number of guanidine groups is 1. The monoisotopic (exact) mass is 289 g/mol. The van der Waals surface area contributed by atoms with E-state index in [1.165, 1.54) is 0 Å². The zero-order valence-electron chi connectivity index (χ0n) is 10.8. The van der Waals surface area contributed by atoms with E-state index in [1.807, 2.05) is 0 Å². The fourth-order valence-electron chi connectivity index (χ4n) is 1.30. The van der Waals surface area contributed by atoms with Crippen molar-refractivity contribution >= 4 is 23.8 Å². The molecule has 0 aromatic carbocycles. The van der Waals surface area contributed by atoms with Gasteiger partial charge in [-0.1, -0.05) is 0 Å². The van der Waals surface area contributed by atoms with Gasteiger partial charge < -0.3 is 32.7 Å². The zero-order chi connectivity index (χ0) is 15.7. The summed E-state index contributed by atoms with van der Waals surface area (Å²) in [5, 5.41) is 19.4. The Hall–Kier alpha value is -2.36. The number of aliphatic carboxylic acids is 2. The summed E-state index contributed by atoms with van der Waals surface area (Å²) in [5.74, 6) is -3.58. The summed E-state index contributed by atoms with van der Waals surface area (Å²) in [6.45, 7) is 0.292. The van der Waals surface area contributed by atoms with Gasteiger partial charge in [0.05, 0.1) is 12.5 Å². The average Bonchev–Trinajstić information content (AvgIpc) is 2.32. The number of nitrogens with two attached hydrogens (primary N) is 3. The molecule has 0 aliphatic rings. The Morgan fingerprint density at radius 2 is 1.80 bits per heavy atom. The van der Waals surface area contributed by atoms with Gasteiger partial charge in [0, 0.05) is 6.54 Å². The van der Waals surface area contributed by atoms with Crippen molar-refractivity contribution in [2.24, 2.45) is 22.2 Å². The molecule has 0 unspecified atom stereocenters. The molecule has 20 heavy (non-hydrogen) atoms. The molecule has 10 nitrogen and oxygen atoms in total. The van der Waals surface area contributed by atoms with Crippen LogP contribution in [0.5, 0.6) is 0 Å². The third-order valence-corrected chi connectivity index (χ3v) is 2.30. The molecule has 0 heterocycles. The Morgan fingerprint density at radius 1 is 1.20 bits per heavy atom. The minimum atomic E-state index is -1.51. The highest BCUT2D eigenvalue weighted by molar-refractivity contribution is 5.89. The number of rotatable bonds is 9. The van der Waals surface area contributed by atoms with Gasteiger partial charge in [0.2, 0.25) is 5.91 Å². The van der Waals surface area contributed by atoms with Crippen molar-refractivity contribution in [3.8, 4) is 0 Å². The van der Waals surface area contributed by atoms with Gasteiger partial charge in [-0.3, -0.25) is 14.6 Å². The van der Waals surface area contributed by atoms with Crippen molar-refractivity contribution in [2.45, 2.75) is 31.3 Å². The van der Waals surface area contributed by atoms with Crippen molar-refractivity contribution in [1.29, 1.82) is 0 Å². The molecule has 9 N–H and O–H groups in total. The van der Waals surface area contributed by atoms with Crippen LogP contribution in [0.2, 0.25) is 0 Å². The van der Waals surface area contributed by atoms with Crippen molar-refractivity contribution in [1.82, 2.24) is 5.32 Å². The summed E-state index contributed by atoms with van der Waals surface area (Å²) >= 11 is 0. The molecule has 1 amide bonds. The van der Waals surface area contributed by atoms with Gasteiger partial charge in [-0.25, -0.2) is 4.79 Å². The van der Waals surface area contributed by atoms with E-state index in [2.05, 4.69) is 10.3 Å². The quantitative estimate of drug-likeness (QED) is 0.151. The van der Waals surface area contributed by atoms with Gasteiger partial charge in [-0.05, 0) is 12.8 Å². The molecular weight excluding hydrogens is 270 g/mol. The van der Waals surface area contributed by atoms with Crippen LogP contribution in [0.1, 0.15) is 19.3 Å². The van der Waals surface area contributed by atoms with Crippen LogP contribution >= 0.6 is 0 Å². The Bertz CT molecular complexity index is 393. The second kappa shape index (κ2) is 8.69. The van der Waals surface area contributed by atoms with Gasteiger partial charge >= 0.3 is 11.9 Å². The lowest BCUT2D eigenvalue weighted by molar-refractivity contribution is -0.147. The second-order valence-corrected chi connectivity index (χ2v) is 4.05. The van der Waals surface area contributed by atoms with Crippen LogP contribution in [0.4, 0.5) is 0 Å². The number of nitrogens with zero attached hydrogens (tertiary/aromatic N) is 1. The van der Waals surface area contributed by atoms with E-state index in [1.54, 1.807) is 0 Å². The number of carboxylic acid groups (broad SMARTS) is 2. The topological polar surface area (TPSA) is 194 Å². The molecule has 0 saturated carbocycles. The van der Waals surface area contributed by atoms with E-state index >= 15 is 0 Å². The van der Waals surface area contributed by atoms with Crippen LogP contribution in [-0.2, 0) is 14.4 Å². The number of carbonyl (C=O) groups is 3. The molecule has 0 fully saturated rings. The lowest BCUT2D eigenvalue weighted by Crippen LogP contribution is -2.49. The molecule has 0 aromatic rings. The van der Waals surface area contributed by atoms with E-state index in [0.717, 1.165) is 0 Å². The average molecular weight is 289 g/mol. The Morgan fingerprint density at radius 3 is 2.25 bits per heavy atom. The predicted molar refractivity (Wildman–Crippen MR) is 69.7 cm³/mol. The van der Waals surface area contributed by atoms with Crippen LogP contribution in [0, 0.1) is 0 Å².